The van der Waals surface area contributed by atoms with E-state index in [1.54, 1.807) is 17.4 Å². The maximum absolute atomic E-state index is 10.5. The molecule has 0 spiro atoms. The molecule has 19 heavy (non-hydrogen) atoms. The second-order valence-electron chi connectivity index (χ2n) is 4.58. The van der Waals surface area contributed by atoms with E-state index in [0.29, 0.717) is 6.04 Å². The van der Waals surface area contributed by atoms with Gasteiger partial charge >= 0.3 is 5.97 Å². The molecule has 1 aliphatic heterocycles. The summed E-state index contributed by atoms with van der Waals surface area (Å²) >= 11 is 1.65. The fraction of sp³-hybridized carbons (Fsp3) is 0.500. The van der Waals surface area contributed by atoms with Crippen molar-refractivity contribution in [2.45, 2.75) is 25.9 Å². The van der Waals surface area contributed by atoms with Crippen LogP contribution in [-0.4, -0.2) is 41.8 Å². The lowest BCUT2D eigenvalue weighted by Gasteiger charge is -2.34. The van der Waals surface area contributed by atoms with Gasteiger partial charge in [0.2, 0.25) is 0 Å². The van der Waals surface area contributed by atoms with Crippen molar-refractivity contribution in [3.8, 4) is 0 Å². The number of carboxylic acids is 1. The van der Waals surface area contributed by atoms with Crippen LogP contribution in [0.25, 0.3) is 6.08 Å². The minimum absolute atomic E-state index is 0.494. The van der Waals surface area contributed by atoms with Crippen LogP contribution in [-0.2, 0) is 16.1 Å². The van der Waals surface area contributed by atoms with Crippen LogP contribution in [0.1, 0.15) is 23.1 Å². The van der Waals surface area contributed by atoms with E-state index in [1.807, 2.05) is 6.07 Å². The summed E-state index contributed by atoms with van der Waals surface area (Å²) in [4.78, 5) is 15.2. The highest BCUT2D eigenvalue weighted by molar-refractivity contribution is 7.12. The summed E-state index contributed by atoms with van der Waals surface area (Å²) in [7, 11) is 0. The van der Waals surface area contributed by atoms with Gasteiger partial charge in [0.15, 0.2) is 0 Å². The molecule has 0 saturated carbocycles. The lowest BCUT2D eigenvalue weighted by Crippen LogP contribution is -2.44. The molecule has 0 radical (unpaired) electrons. The maximum atomic E-state index is 10.5. The minimum atomic E-state index is -0.908. The zero-order valence-corrected chi connectivity index (χ0v) is 11.9. The van der Waals surface area contributed by atoms with E-state index < -0.39 is 5.97 Å². The summed E-state index contributed by atoms with van der Waals surface area (Å²) in [6.45, 7) is 5.69. The van der Waals surface area contributed by atoms with Gasteiger partial charge in [-0.3, -0.25) is 4.90 Å². The van der Waals surface area contributed by atoms with Crippen molar-refractivity contribution < 1.29 is 14.6 Å². The quantitative estimate of drug-likeness (QED) is 0.842. The van der Waals surface area contributed by atoms with Gasteiger partial charge in [0.25, 0.3) is 0 Å². The van der Waals surface area contributed by atoms with Crippen LogP contribution < -0.4 is 0 Å². The molecule has 0 amide bonds. The van der Waals surface area contributed by atoms with Crippen LogP contribution >= 0.6 is 11.3 Å². The molecule has 0 aliphatic carbocycles. The van der Waals surface area contributed by atoms with E-state index >= 15 is 0 Å². The number of thiophene rings is 1. The maximum Gasteiger partial charge on any atom is 0.328 e. The molecule has 1 saturated heterocycles. The first-order valence-electron chi connectivity index (χ1n) is 6.50. The Hall–Kier alpha value is -1.17. The second kappa shape index (κ2) is 6.84. The molecule has 5 heteroatoms. The first-order chi connectivity index (χ1) is 9.19. The molecular formula is C14H19NO3S. The number of hydrogen-bond donors (Lipinski definition) is 1. The van der Waals surface area contributed by atoms with Crippen molar-refractivity contribution in [2.75, 3.05) is 19.8 Å². The van der Waals surface area contributed by atoms with Gasteiger partial charge in [0.05, 0.1) is 13.2 Å². The second-order valence-corrected chi connectivity index (χ2v) is 5.78. The average Bonchev–Trinajstić information content (AvgIpc) is 2.85. The summed E-state index contributed by atoms with van der Waals surface area (Å²) in [5.41, 5.74) is 0. The molecule has 2 heterocycles. The smallest absolute Gasteiger partial charge is 0.328 e. The molecule has 1 N–H and O–H groups in total. The average molecular weight is 281 g/mol. The van der Waals surface area contributed by atoms with Gasteiger partial charge in [-0.1, -0.05) is 6.92 Å². The predicted octanol–water partition coefficient (Wildman–Crippen LogP) is 2.46. The Morgan fingerprint density at radius 3 is 3.21 bits per heavy atom. The van der Waals surface area contributed by atoms with Gasteiger partial charge < -0.3 is 9.84 Å². The molecule has 1 atom stereocenters. The number of nitrogens with zero attached hydrogens (tertiary/aromatic N) is 1. The van der Waals surface area contributed by atoms with Crippen molar-refractivity contribution >= 4 is 23.4 Å². The Bertz CT molecular complexity index is 455. The monoisotopic (exact) mass is 281 g/mol. The molecule has 1 unspecified atom stereocenters. The molecule has 0 aromatic carbocycles. The van der Waals surface area contributed by atoms with E-state index in [0.717, 1.165) is 37.6 Å². The molecule has 1 fully saturated rings. The number of carboxylic acid groups (broad SMARTS) is 1. The van der Waals surface area contributed by atoms with Crippen molar-refractivity contribution in [3.63, 3.8) is 0 Å². The predicted molar refractivity (Wildman–Crippen MR) is 76.3 cm³/mol. The molecule has 104 valence electrons. The molecule has 0 bridgehead atoms. The SMILES string of the molecule is CCC1COCCN1Cc1ccc(C=CC(=O)O)s1. The van der Waals surface area contributed by atoms with E-state index in [9.17, 15) is 4.79 Å². The fourth-order valence-electron chi connectivity index (χ4n) is 2.20. The molecule has 4 nitrogen and oxygen atoms in total. The van der Waals surface area contributed by atoms with E-state index in [1.165, 1.54) is 11.0 Å². The van der Waals surface area contributed by atoms with Crippen molar-refractivity contribution in [1.29, 1.82) is 0 Å². The largest absolute Gasteiger partial charge is 0.478 e. The highest BCUT2D eigenvalue weighted by atomic mass is 32.1. The van der Waals surface area contributed by atoms with Gasteiger partial charge in [-0.15, -0.1) is 11.3 Å². The third-order valence-corrected chi connectivity index (χ3v) is 4.29. The Kier molecular flexibility index (Phi) is 5.13. The Balaban J connectivity index is 1.97. The topological polar surface area (TPSA) is 49.8 Å². The fourth-order valence-corrected chi connectivity index (χ4v) is 3.14. The number of aliphatic carboxylic acids is 1. The minimum Gasteiger partial charge on any atom is -0.478 e. The summed E-state index contributed by atoms with van der Waals surface area (Å²) < 4.78 is 5.50. The van der Waals surface area contributed by atoms with Crippen molar-refractivity contribution in [3.05, 3.63) is 28.0 Å². The third-order valence-electron chi connectivity index (χ3n) is 3.25. The highest BCUT2D eigenvalue weighted by Gasteiger charge is 2.21. The van der Waals surface area contributed by atoms with Crippen LogP contribution in [0.15, 0.2) is 18.2 Å². The van der Waals surface area contributed by atoms with Crippen LogP contribution in [0, 0.1) is 0 Å². The summed E-state index contributed by atoms with van der Waals surface area (Å²) in [5, 5.41) is 8.60. The van der Waals surface area contributed by atoms with Gasteiger partial charge in [0, 0.05) is 35.0 Å². The van der Waals surface area contributed by atoms with E-state index in [-0.39, 0.29) is 0 Å². The van der Waals surface area contributed by atoms with E-state index in [2.05, 4.69) is 17.9 Å². The van der Waals surface area contributed by atoms with E-state index in [4.69, 9.17) is 9.84 Å². The normalized spacial score (nSPS) is 21.0. The zero-order valence-electron chi connectivity index (χ0n) is 11.0. The summed E-state index contributed by atoms with van der Waals surface area (Å²) in [6, 6.07) is 4.55. The van der Waals surface area contributed by atoms with Crippen LogP contribution in [0.3, 0.4) is 0 Å². The molecule has 1 aromatic heterocycles. The van der Waals surface area contributed by atoms with Crippen molar-refractivity contribution in [1.82, 2.24) is 4.90 Å². The highest BCUT2D eigenvalue weighted by Crippen LogP contribution is 2.22. The first kappa shape index (κ1) is 14.2. The third kappa shape index (κ3) is 4.16. The van der Waals surface area contributed by atoms with Crippen LogP contribution in [0.2, 0.25) is 0 Å². The Morgan fingerprint density at radius 1 is 1.63 bits per heavy atom. The summed E-state index contributed by atoms with van der Waals surface area (Å²) in [6.07, 6.45) is 3.92. The van der Waals surface area contributed by atoms with Gasteiger partial charge in [0.1, 0.15) is 0 Å². The number of ether oxygens (including phenoxy) is 1. The molecule has 1 aromatic rings. The summed E-state index contributed by atoms with van der Waals surface area (Å²) in [5.74, 6) is -0.908. The molecular weight excluding hydrogens is 262 g/mol. The number of hydrogen-bond acceptors (Lipinski definition) is 4. The Morgan fingerprint density at radius 2 is 2.47 bits per heavy atom. The lowest BCUT2D eigenvalue weighted by molar-refractivity contribution is -0.131. The van der Waals surface area contributed by atoms with Crippen LogP contribution in [0.5, 0.6) is 0 Å². The Labute approximate surface area is 117 Å². The number of rotatable bonds is 5. The van der Waals surface area contributed by atoms with Gasteiger partial charge in [-0.2, -0.15) is 0 Å². The molecule has 2 rings (SSSR count). The van der Waals surface area contributed by atoms with Gasteiger partial charge in [-0.25, -0.2) is 4.79 Å². The zero-order chi connectivity index (χ0) is 13.7. The van der Waals surface area contributed by atoms with Crippen LogP contribution in [0.4, 0.5) is 0 Å². The lowest BCUT2D eigenvalue weighted by atomic mass is 10.2. The number of morpholine rings is 1. The van der Waals surface area contributed by atoms with Gasteiger partial charge in [-0.05, 0) is 24.6 Å². The van der Waals surface area contributed by atoms with Crippen molar-refractivity contribution in [2.24, 2.45) is 0 Å². The standard InChI is InChI=1S/C14H19NO3S/c1-2-11-10-18-8-7-15(11)9-13-4-3-12(19-13)5-6-14(16)17/h3-6,11H,2,7-10H2,1H3,(H,16,17). The molecule has 1 aliphatic rings. The first-order valence-corrected chi connectivity index (χ1v) is 7.32. The number of carbonyl (C=O) groups is 1.